The highest BCUT2D eigenvalue weighted by Crippen LogP contribution is 2.27. The van der Waals surface area contributed by atoms with Gasteiger partial charge in [-0.25, -0.2) is 4.68 Å². The second-order valence-electron chi connectivity index (χ2n) is 7.50. The maximum absolute atomic E-state index is 13.2. The molecule has 0 radical (unpaired) electrons. The normalized spacial score (nSPS) is 10.8. The van der Waals surface area contributed by atoms with Crippen LogP contribution in [0.15, 0.2) is 69.6 Å². The van der Waals surface area contributed by atoms with Crippen LogP contribution < -0.4 is 16.1 Å². The van der Waals surface area contributed by atoms with Gasteiger partial charge in [0.15, 0.2) is 0 Å². The third-order valence-electron chi connectivity index (χ3n) is 5.03. The molecule has 178 valence electrons. The molecule has 0 unspecified atom stereocenters. The molecule has 3 aromatic carbocycles. The van der Waals surface area contributed by atoms with Gasteiger partial charge in [0.25, 0.3) is 5.91 Å². The fourth-order valence-corrected chi connectivity index (χ4v) is 4.66. The van der Waals surface area contributed by atoms with Gasteiger partial charge in [-0.15, -0.1) is 0 Å². The molecular weight excluding hydrogens is 623 g/mol. The maximum Gasteiger partial charge on any atom is 0.328 e. The summed E-state index contributed by atoms with van der Waals surface area (Å²) in [6.45, 7) is 1.86. The molecule has 0 aliphatic heterocycles. The molecule has 0 bridgehead atoms. The predicted molar refractivity (Wildman–Crippen MR) is 146 cm³/mol. The van der Waals surface area contributed by atoms with Crippen molar-refractivity contribution in [2.45, 2.75) is 6.92 Å². The van der Waals surface area contributed by atoms with Crippen molar-refractivity contribution in [3.8, 4) is 0 Å². The Balaban J connectivity index is 1.64. The first-order chi connectivity index (χ1) is 16.6. The number of aromatic nitrogens is 1. The number of carbonyl (C=O) groups is 3. The molecule has 3 N–H and O–H groups in total. The summed E-state index contributed by atoms with van der Waals surface area (Å²) in [6, 6.07) is 16.8. The van der Waals surface area contributed by atoms with Gasteiger partial charge in [-0.2, -0.15) is 0 Å². The zero-order valence-corrected chi connectivity index (χ0v) is 22.6. The van der Waals surface area contributed by atoms with Crippen LogP contribution in [0.4, 0.5) is 11.4 Å². The fraction of sp³-hybridized carbons (Fsp3) is 0.0417. The van der Waals surface area contributed by atoms with E-state index >= 15 is 0 Å². The topological polar surface area (TPSA) is 92.2 Å². The van der Waals surface area contributed by atoms with Gasteiger partial charge >= 0.3 is 11.8 Å². The number of anilines is 2. The minimum Gasteiger partial charge on any atom is -0.320 e. The smallest absolute Gasteiger partial charge is 0.320 e. The summed E-state index contributed by atoms with van der Waals surface area (Å²) in [4.78, 5) is 38.6. The minimum atomic E-state index is -0.995. The van der Waals surface area contributed by atoms with Crippen LogP contribution in [-0.2, 0) is 9.59 Å². The number of nitrogens with zero attached hydrogens (tertiary/aromatic N) is 1. The second-order valence-corrected chi connectivity index (χ2v) is 10.2. The fourth-order valence-electron chi connectivity index (χ4n) is 3.35. The molecule has 0 aliphatic rings. The molecule has 7 nitrogen and oxygen atoms in total. The van der Waals surface area contributed by atoms with E-state index in [4.69, 9.17) is 23.2 Å². The van der Waals surface area contributed by atoms with Crippen molar-refractivity contribution >= 4 is 95.1 Å². The highest BCUT2D eigenvalue weighted by atomic mass is 79.9. The molecule has 4 rings (SSSR count). The molecule has 0 spiro atoms. The summed E-state index contributed by atoms with van der Waals surface area (Å²) in [5.74, 6) is -2.43. The van der Waals surface area contributed by atoms with Crippen molar-refractivity contribution < 1.29 is 14.4 Å². The third-order valence-corrected chi connectivity index (χ3v) is 6.57. The molecule has 35 heavy (non-hydrogen) atoms. The number of hydrogen-bond donors (Lipinski definition) is 3. The van der Waals surface area contributed by atoms with Crippen LogP contribution in [0.5, 0.6) is 0 Å². The highest BCUT2D eigenvalue weighted by Gasteiger charge is 2.22. The summed E-state index contributed by atoms with van der Waals surface area (Å²) in [5, 5.41) is 6.54. The summed E-state index contributed by atoms with van der Waals surface area (Å²) in [6.07, 6.45) is 0. The van der Waals surface area contributed by atoms with Gasteiger partial charge in [0.05, 0.1) is 16.2 Å². The van der Waals surface area contributed by atoms with E-state index in [0.717, 1.165) is 14.5 Å². The SMILES string of the molecule is Cc1cc(Br)ccc1NC(=O)c1cc2cc(Br)ccc2n1NC(=O)C(=O)Nc1ccc(Cl)cc1Cl. The Hall–Kier alpha value is -2.85. The molecule has 0 aliphatic carbocycles. The van der Waals surface area contributed by atoms with Crippen LogP contribution in [0.25, 0.3) is 10.9 Å². The highest BCUT2D eigenvalue weighted by molar-refractivity contribution is 9.10. The Morgan fingerprint density at radius 2 is 1.49 bits per heavy atom. The Morgan fingerprint density at radius 1 is 0.800 bits per heavy atom. The quantitative estimate of drug-likeness (QED) is 0.216. The number of hydrogen-bond acceptors (Lipinski definition) is 3. The number of halogens is 4. The van der Waals surface area contributed by atoms with Crippen LogP contribution in [0.3, 0.4) is 0 Å². The Labute approximate surface area is 227 Å². The van der Waals surface area contributed by atoms with E-state index in [1.54, 1.807) is 30.3 Å². The second kappa shape index (κ2) is 10.4. The van der Waals surface area contributed by atoms with E-state index in [9.17, 15) is 14.4 Å². The Bertz CT molecular complexity index is 1500. The molecular formula is C24H16Br2Cl2N4O3. The van der Waals surface area contributed by atoms with Crippen molar-refractivity contribution in [1.82, 2.24) is 4.68 Å². The Morgan fingerprint density at radius 3 is 2.20 bits per heavy atom. The molecule has 3 amide bonds. The molecule has 0 saturated carbocycles. The van der Waals surface area contributed by atoms with Crippen molar-refractivity contribution in [3.63, 3.8) is 0 Å². The average molecular weight is 639 g/mol. The standard InChI is InChI=1S/C24H16Br2Cl2N4O3/c1-12-8-14(25)2-5-18(12)29-22(33)21-10-13-9-15(26)3-7-20(13)32(21)31-24(35)23(34)30-19-6-4-16(27)11-17(19)28/h2-11H,1H3,(H,29,33)(H,30,34)(H,31,35). The van der Waals surface area contributed by atoms with Crippen molar-refractivity contribution in [2.75, 3.05) is 16.1 Å². The van der Waals surface area contributed by atoms with Crippen LogP contribution >= 0.6 is 55.1 Å². The van der Waals surface area contributed by atoms with Gasteiger partial charge < -0.3 is 10.6 Å². The summed E-state index contributed by atoms with van der Waals surface area (Å²) in [7, 11) is 0. The molecule has 0 saturated heterocycles. The number of aryl methyl sites for hydroxylation is 1. The van der Waals surface area contributed by atoms with Gasteiger partial charge in [0.1, 0.15) is 5.69 Å². The van der Waals surface area contributed by atoms with Crippen molar-refractivity contribution in [2.24, 2.45) is 0 Å². The van der Waals surface area contributed by atoms with Crippen molar-refractivity contribution in [1.29, 1.82) is 0 Å². The number of amides is 3. The van der Waals surface area contributed by atoms with Crippen molar-refractivity contribution in [3.05, 3.63) is 90.9 Å². The van der Waals surface area contributed by atoms with E-state index in [0.29, 0.717) is 21.6 Å². The van der Waals surface area contributed by atoms with E-state index in [1.807, 2.05) is 19.1 Å². The third kappa shape index (κ3) is 5.70. The van der Waals surface area contributed by atoms with Gasteiger partial charge in [0, 0.05) is 25.0 Å². The first kappa shape index (κ1) is 25.2. The molecule has 11 heteroatoms. The van der Waals surface area contributed by atoms with E-state index in [2.05, 4.69) is 47.9 Å². The maximum atomic E-state index is 13.2. The lowest BCUT2D eigenvalue weighted by atomic mass is 10.2. The van der Waals surface area contributed by atoms with Crippen LogP contribution in [0.2, 0.25) is 10.0 Å². The van der Waals surface area contributed by atoms with E-state index in [1.165, 1.54) is 22.9 Å². The predicted octanol–water partition coefficient (Wildman–Crippen LogP) is 6.74. The van der Waals surface area contributed by atoms with E-state index < -0.39 is 17.7 Å². The average Bonchev–Trinajstić information content (AvgIpc) is 3.14. The number of nitrogens with one attached hydrogen (secondary N) is 3. The van der Waals surface area contributed by atoms with Gasteiger partial charge in [-0.05, 0) is 73.2 Å². The van der Waals surface area contributed by atoms with E-state index in [-0.39, 0.29) is 16.4 Å². The first-order valence-electron chi connectivity index (χ1n) is 10.1. The van der Waals surface area contributed by atoms with Gasteiger partial charge in [0.2, 0.25) is 0 Å². The molecule has 1 aromatic heterocycles. The zero-order chi connectivity index (χ0) is 25.3. The zero-order valence-electron chi connectivity index (χ0n) is 18.0. The number of rotatable bonds is 4. The molecule has 0 atom stereocenters. The molecule has 0 fully saturated rings. The summed E-state index contributed by atoms with van der Waals surface area (Å²) in [5.41, 5.74) is 4.84. The lowest BCUT2D eigenvalue weighted by Crippen LogP contribution is -2.36. The van der Waals surface area contributed by atoms with Crippen LogP contribution in [0.1, 0.15) is 16.1 Å². The molecule has 1 heterocycles. The largest absolute Gasteiger partial charge is 0.328 e. The lowest BCUT2D eigenvalue weighted by Gasteiger charge is -2.14. The molecule has 4 aromatic rings. The summed E-state index contributed by atoms with van der Waals surface area (Å²) >= 11 is 18.8. The number of benzene rings is 3. The minimum absolute atomic E-state index is 0.131. The summed E-state index contributed by atoms with van der Waals surface area (Å²) < 4.78 is 2.95. The monoisotopic (exact) mass is 636 g/mol. The van der Waals surface area contributed by atoms with Crippen LogP contribution in [-0.4, -0.2) is 22.4 Å². The van der Waals surface area contributed by atoms with Crippen LogP contribution in [0, 0.1) is 6.92 Å². The number of carbonyl (C=O) groups excluding carboxylic acids is 3. The van der Waals surface area contributed by atoms with Gasteiger partial charge in [-0.1, -0.05) is 55.1 Å². The van der Waals surface area contributed by atoms with Gasteiger partial charge in [-0.3, -0.25) is 19.8 Å². The first-order valence-corrected chi connectivity index (χ1v) is 12.4. The lowest BCUT2D eigenvalue weighted by molar-refractivity contribution is -0.133. The Kier molecular flexibility index (Phi) is 7.51. The number of fused-ring (bicyclic) bond motifs is 1.